The van der Waals surface area contributed by atoms with Crippen molar-refractivity contribution in [3.63, 3.8) is 0 Å². The maximum Gasteiger partial charge on any atom is 0.255 e. The molecule has 0 heterocycles. The number of rotatable bonds is 9. The van der Waals surface area contributed by atoms with E-state index < -0.39 is 0 Å². The first-order valence-corrected chi connectivity index (χ1v) is 10.1. The van der Waals surface area contributed by atoms with Crippen LogP contribution in [0.5, 0.6) is 17.2 Å². The number of ether oxygens (including phenoxy) is 3. The molecular weight excluding hydrogens is 378 g/mol. The van der Waals surface area contributed by atoms with Crippen molar-refractivity contribution < 1.29 is 19.0 Å². The van der Waals surface area contributed by atoms with Crippen LogP contribution in [0.4, 0.5) is 5.69 Å². The van der Waals surface area contributed by atoms with Crippen molar-refractivity contribution in [1.29, 1.82) is 0 Å². The van der Waals surface area contributed by atoms with Crippen molar-refractivity contribution in [2.75, 3.05) is 19.0 Å². The van der Waals surface area contributed by atoms with Gasteiger partial charge in [-0.2, -0.15) is 0 Å². The first kappa shape index (κ1) is 21.2. The van der Waals surface area contributed by atoms with E-state index in [1.54, 1.807) is 13.2 Å². The largest absolute Gasteiger partial charge is 0.497 e. The second kappa shape index (κ2) is 10.3. The van der Waals surface area contributed by atoms with Gasteiger partial charge < -0.3 is 19.5 Å². The minimum Gasteiger partial charge on any atom is -0.497 e. The number of aryl methyl sites for hydroxylation is 1. The van der Waals surface area contributed by atoms with Gasteiger partial charge in [0.2, 0.25) is 0 Å². The fourth-order valence-corrected chi connectivity index (χ4v) is 2.99. The van der Waals surface area contributed by atoms with Gasteiger partial charge in [-0.25, -0.2) is 0 Å². The van der Waals surface area contributed by atoms with Crippen molar-refractivity contribution in [3.05, 3.63) is 83.4 Å². The molecule has 30 heavy (non-hydrogen) atoms. The van der Waals surface area contributed by atoms with Crippen LogP contribution in [0.15, 0.2) is 66.7 Å². The van der Waals surface area contributed by atoms with Crippen LogP contribution in [-0.4, -0.2) is 19.6 Å². The third kappa shape index (κ3) is 5.54. The normalized spacial score (nSPS) is 10.4. The van der Waals surface area contributed by atoms with E-state index in [4.69, 9.17) is 14.2 Å². The van der Waals surface area contributed by atoms with E-state index in [2.05, 4.69) is 12.2 Å². The SMILES string of the molecule is CCOc1ccc(C(=O)Nc2ccc(CC)cc2)cc1COc1ccc(OC)cc1. The quantitative estimate of drug-likeness (QED) is 0.512. The highest BCUT2D eigenvalue weighted by molar-refractivity contribution is 6.04. The number of hydrogen-bond acceptors (Lipinski definition) is 4. The lowest BCUT2D eigenvalue weighted by Gasteiger charge is -2.14. The van der Waals surface area contributed by atoms with E-state index >= 15 is 0 Å². The van der Waals surface area contributed by atoms with Crippen molar-refractivity contribution in [2.45, 2.75) is 26.9 Å². The number of methoxy groups -OCH3 is 1. The molecule has 3 aromatic rings. The Labute approximate surface area is 177 Å². The summed E-state index contributed by atoms with van der Waals surface area (Å²) in [5, 5.41) is 2.94. The Bertz CT molecular complexity index is 965. The zero-order chi connectivity index (χ0) is 21.3. The van der Waals surface area contributed by atoms with E-state index in [0.29, 0.717) is 23.7 Å². The van der Waals surface area contributed by atoms with Crippen LogP contribution in [0.1, 0.15) is 35.3 Å². The second-order valence-electron chi connectivity index (χ2n) is 6.72. The Morgan fingerprint density at radius 2 is 1.57 bits per heavy atom. The molecule has 0 aromatic heterocycles. The first-order valence-electron chi connectivity index (χ1n) is 10.1. The fraction of sp³-hybridized carbons (Fsp3) is 0.240. The lowest BCUT2D eigenvalue weighted by atomic mass is 10.1. The summed E-state index contributed by atoms with van der Waals surface area (Å²) in [5.41, 5.74) is 3.35. The fourth-order valence-electron chi connectivity index (χ4n) is 2.99. The third-order valence-electron chi connectivity index (χ3n) is 4.70. The molecule has 0 aliphatic carbocycles. The highest BCUT2D eigenvalue weighted by atomic mass is 16.5. The van der Waals surface area contributed by atoms with Gasteiger partial charge >= 0.3 is 0 Å². The maximum absolute atomic E-state index is 12.7. The average molecular weight is 405 g/mol. The van der Waals surface area contributed by atoms with Gasteiger partial charge in [-0.05, 0) is 73.5 Å². The standard InChI is InChI=1S/C25H27NO4/c1-4-18-6-9-21(10-7-18)26-25(27)19-8-15-24(29-5-2)20(16-19)17-30-23-13-11-22(28-3)12-14-23/h6-16H,4-5,17H2,1-3H3,(H,26,27). The molecule has 5 heteroatoms. The molecule has 0 radical (unpaired) electrons. The van der Waals surface area contributed by atoms with Gasteiger partial charge in [-0.1, -0.05) is 19.1 Å². The van der Waals surface area contributed by atoms with E-state index in [0.717, 1.165) is 23.4 Å². The Morgan fingerprint density at radius 1 is 0.867 bits per heavy atom. The molecule has 0 fully saturated rings. The number of anilines is 1. The Hall–Kier alpha value is -3.47. The summed E-state index contributed by atoms with van der Waals surface area (Å²) >= 11 is 0. The molecular formula is C25H27NO4. The number of carbonyl (C=O) groups is 1. The molecule has 1 amide bonds. The summed E-state index contributed by atoms with van der Waals surface area (Å²) in [6.07, 6.45) is 0.963. The monoisotopic (exact) mass is 405 g/mol. The van der Waals surface area contributed by atoms with Crippen molar-refractivity contribution in [3.8, 4) is 17.2 Å². The molecule has 0 spiro atoms. The van der Waals surface area contributed by atoms with Crippen LogP contribution in [-0.2, 0) is 13.0 Å². The predicted octanol–water partition coefficient (Wildman–Crippen LogP) is 5.49. The van der Waals surface area contributed by atoms with Gasteiger partial charge in [0.1, 0.15) is 23.9 Å². The molecule has 0 saturated heterocycles. The zero-order valence-electron chi connectivity index (χ0n) is 17.6. The summed E-state index contributed by atoms with van der Waals surface area (Å²) in [6, 6.07) is 20.6. The first-order chi connectivity index (χ1) is 14.6. The number of benzene rings is 3. The van der Waals surface area contributed by atoms with Crippen LogP contribution < -0.4 is 19.5 Å². The molecule has 156 valence electrons. The van der Waals surface area contributed by atoms with Crippen molar-refractivity contribution in [1.82, 2.24) is 0 Å². The molecule has 5 nitrogen and oxygen atoms in total. The number of hydrogen-bond donors (Lipinski definition) is 1. The Kier molecular flexibility index (Phi) is 7.33. The van der Waals surface area contributed by atoms with Crippen LogP contribution in [0.2, 0.25) is 0 Å². The average Bonchev–Trinajstić information content (AvgIpc) is 2.79. The molecule has 0 saturated carbocycles. The topological polar surface area (TPSA) is 56.8 Å². The van der Waals surface area contributed by atoms with E-state index in [9.17, 15) is 4.79 Å². The Morgan fingerprint density at radius 3 is 2.20 bits per heavy atom. The van der Waals surface area contributed by atoms with Gasteiger partial charge in [0.15, 0.2) is 0 Å². The lowest BCUT2D eigenvalue weighted by Crippen LogP contribution is -2.13. The molecule has 0 bridgehead atoms. The molecule has 3 rings (SSSR count). The summed E-state index contributed by atoms with van der Waals surface area (Å²) in [4.78, 5) is 12.7. The summed E-state index contributed by atoms with van der Waals surface area (Å²) in [7, 11) is 1.62. The molecule has 0 unspecified atom stereocenters. The highest BCUT2D eigenvalue weighted by Crippen LogP contribution is 2.24. The van der Waals surface area contributed by atoms with E-state index in [1.807, 2.05) is 67.6 Å². The summed E-state index contributed by atoms with van der Waals surface area (Å²) in [5.74, 6) is 2.01. The predicted molar refractivity (Wildman–Crippen MR) is 119 cm³/mol. The van der Waals surface area contributed by atoms with Crippen LogP contribution in [0, 0.1) is 0 Å². The molecule has 0 aliphatic rings. The van der Waals surface area contributed by atoms with Crippen LogP contribution >= 0.6 is 0 Å². The van der Waals surface area contributed by atoms with Gasteiger partial charge in [0.25, 0.3) is 5.91 Å². The smallest absolute Gasteiger partial charge is 0.255 e. The minimum absolute atomic E-state index is 0.173. The Balaban J connectivity index is 1.74. The minimum atomic E-state index is -0.173. The highest BCUT2D eigenvalue weighted by Gasteiger charge is 2.12. The summed E-state index contributed by atoms with van der Waals surface area (Å²) in [6.45, 7) is 4.84. The van der Waals surface area contributed by atoms with E-state index in [-0.39, 0.29) is 12.5 Å². The van der Waals surface area contributed by atoms with Gasteiger partial charge in [0.05, 0.1) is 13.7 Å². The van der Waals surface area contributed by atoms with Gasteiger partial charge in [-0.15, -0.1) is 0 Å². The molecule has 0 atom stereocenters. The van der Waals surface area contributed by atoms with Crippen LogP contribution in [0.25, 0.3) is 0 Å². The molecule has 1 N–H and O–H groups in total. The van der Waals surface area contributed by atoms with Crippen molar-refractivity contribution >= 4 is 11.6 Å². The second-order valence-corrected chi connectivity index (χ2v) is 6.72. The molecule has 0 aliphatic heterocycles. The van der Waals surface area contributed by atoms with Gasteiger partial charge in [-0.3, -0.25) is 4.79 Å². The number of nitrogens with one attached hydrogen (secondary N) is 1. The summed E-state index contributed by atoms with van der Waals surface area (Å²) < 4.78 is 16.8. The third-order valence-corrected chi connectivity index (χ3v) is 4.70. The number of amides is 1. The van der Waals surface area contributed by atoms with Gasteiger partial charge in [0, 0.05) is 16.8 Å². The maximum atomic E-state index is 12.7. The number of carbonyl (C=O) groups excluding carboxylic acids is 1. The van der Waals surface area contributed by atoms with Crippen molar-refractivity contribution in [2.24, 2.45) is 0 Å². The molecule has 3 aromatic carbocycles. The van der Waals surface area contributed by atoms with E-state index in [1.165, 1.54) is 5.56 Å². The zero-order valence-corrected chi connectivity index (χ0v) is 17.6. The van der Waals surface area contributed by atoms with Crippen LogP contribution in [0.3, 0.4) is 0 Å². The lowest BCUT2D eigenvalue weighted by molar-refractivity contribution is 0.102.